The van der Waals surface area contributed by atoms with E-state index in [4.69, 9.17) is 9.84 Å². The van der Waals surface area contributed by atoms with Crippen molar-refractivity contribution in [3.8, 4) is 0 Å². The predicted octanol–water partition coefficient (Wildman–Crippen LogP) is 0.208. The van der Waals surface area contributed by atoms with Crippen LogP contribution in [-0.4, -0.2) is 47.2 Å². The molecule has 0 saturated carbocycles. The van der Waals surface area contributed by atoms with E-state index in [0.717, 1.165) is 5.56 Å². The molecule has 2 N–H and O–H groups in total. The number of aliphatic carboxylic acids is 1. The molecule has 7 heteroatoms. The van der Waals surface area contributed by atoms with Gasteiger partial charge in [-0.3, -0.25) is 14.5 Å². The largest absolute Gasteiger partial charge is 0.480 e. The second-order valence-electron chi connectivity index (χ2n) is 4.32. The number of benzene rings is 1. The van der Waals surface area contributed by atoms with Crippen LogP contribution >= 0.6 is 0 Å². The average molecular weight is 278 g/mol. The molecule has 0 aliphatic carbocycles. The Hall–Kier alpha value is -2.57. The first kappa shape index (κ1) is 13.9. The fourth-order valence-corrected chi connectivity index (χ4v) is 1.90. The maximum atomic E-state index is 11.8. The Labute approximate surface area is 115 Å². The summed E-state index contributed by atoms with van der Waals surface area (Å²) in [7, 11) is 0. The van der Waals surface area contributed by atoms with Crippen LogP contribution in [0.15, 0.2) is 30.3 Å². The number of carbonyl (C=O) groups excluding carboxylic acids is 2. The van der Waals surface area contributed by atoms with Crippen molar-refractivity contribution in [2.24, 2.45) is 0 Å². The smallest absolute Gasteiger partial charge is 0.410 e. The minimum atomic E-state index is -1.14. The maximum absolute atomic E-state index is 11.8. The molecule has 2 amide bonds. The van der Waals surface area contributed by atoms with E-state index in [9.17, 15) is 14.4 Å². The molecule has 1 fully saturated rings. The summed E-state index contributed by atoms with van der Waals surface area (Å²) in [6.07, 6.45) is -0.579. The molecule has 0 aromatic heterocycles. The van der Waals surface area contributed by atoms with Crippen molar-refractivity contribution < 1.29 is 24.2 Å². The van der Waals surface area contributed by atoms with Crippen LogP contribution in [0.5, 0.6) is 0 Å². The van der Waals surface area contributed by atoms with E-state index in [1.54, 1.807) is 0 Å². The quantitative estimate of drug-likeness (QED) is 0.802. The summed E-state index contributed by atoms with van der Waals surface area (Å²) in [5.74, 6) is -1.67. The number of carbonyl (C=O) groups is 3. The van der Waals surface area contributed by atoms with Crippen molar-refractivity contribution in [1.82, 2.24) is 10.2 Å². The van der Waals surface area contributed by atoms with Crippen molar-refractivity contribution in [3.05, 3.63) is 35.9 Å². The van der Waals surface area contributed by atoms with Gasteiger partial charge in [0.1, 0.15) is 19.2 Å². The first-order valence-electron chi connectivity index (χ1n) is 6.05. The zero-order valence-corrected chi connectivity index (χ0v) is 10.6. The Morgan fingerprint density at radius 1 is 1.35 bits per heavy atom. The van der Waals surface area contributed by atoms with Crippen LogP contribution in [0.4, 0.5) is 4.79 Å². The highest BCUT2D eigenvalue weighted by Crippen LogP contribution is 2.16. The van der Waals surface area contributed by atoms with Gasteiger partial charge in [0.2, 0.25) is 5.91 Å². The lowest BCUT2D eigenvalue weighted by Crippen LogP contribution is -2.46. The number of ether oxygens (including phenoxy) is 1. The van der Waals surface area contributed by atoms with Crippen LogP contribution in [0.1, 0.15) is 5.56 Å². The highest BCUT2D eigenvalue weighted by molar-refractivity contribution is 5.89. The summed E-state index contributed by atoms with van der Waals surface area (Å²) in [5.41, 5.74) is 0.863. The molecule has 1 saturated heterocycles. The molecule has 0 unspecified atom stereocenters. The highest BCUT2D eigenvalue weighted by atomic mass is 16.6. The molecule has 0 radical (unpaired) electrons. The van der Waals surface area contributed by atoms with Gasteiger partial charge in [0.15, 0.2) is 0 Å². The number of hydrogen-bond acceptors (Lipinski definition) is 4. The van der Waals surface area contributed by atoms with Gasteiger partial charge < -0.3 is 15.2 Å². The normalized spacial score (nSPS) is 17.7. The van der Waals surface area contributed by atoms with Crippen LogP contribution < -0.4 is 5.32 Å². The molecule has 1 aliphatic rings. The fourth-order valence-electron chi connectivity index (χ4n) is 1.90. The standard InChI is InChI=1S/C13H14N2O5/c16-11(17)6-14-12(18)10-8-20-13(19)15(10)7-9-4-2-1-3-5-9/h1-5,10H,6-8H2,(H,14,18)(H,16,17)/t10-/m0/s1. The van der Waals surface area contributed by atoms with Gasteiger partial charge in [0, 0.05) is 0 Å². The predicted molar refractivity (Wildman–Crippen MR) is 67.8 cm³/mol. The van der Waals surface area contributed by atoms with E-state index < -0.39 is 30.6 Å². The Balaban J connectivity index is 2.03. The summed E-state index contributed by atoms with van der Waals surface area (Å²) in [6.45, 7) is -0.315. The van der Waals surface area contributed by atoms with Gasteiger partial charge in [0.25, 0.3) is 0 Å². The third kappa shape index (κ3) is 3.25. The summed E-state index contributed by atoms with van der Waals surface area (Å²) >= 11 is 0. The van der Waals surface area contributed by atoms with E-state index in [1.165, 1.54) is 4.90 Å². The molecule has 106 valence electrons. The Morgan fingerprint density at radius 2 is 2.05 bits per heavy atom. The zero-order valence-electron chi connectivity index (χ0n) is 10.6. The SMILES string of the molecule is O=C(O)CNC(=O)[C@@H]1COC(=O)N1Cc1ccccc1. The van der Waals surface area contributed by atoms with Crippen molar-refractivity contribution in [1.29, 1.82) is 0 Å². The third-order valence-electron chi connectivity index (χ3n) is 2.89. The molecule has 1 atom stereocenters. The minimum absolute atomic E-state index is 0.0723. The molecular weight excluding hydrogens is 264 g/mol. The Kier molecular flexibility index (Phi) is 4.19. The summed E-state index contributed by atoms with van der Waals surface area (Å²) in [5, 5.41) is 10.8. The summed E-state index contributed by atoms with van der Waals surface area (Å²) in [4.78, 5) is 35.2. The number of nitrogens with one attached hydrogen (secondary N) is 1. The van der Waals surface area contributed by atoms with Crippen molar-refractivity contribution in [2.45, 2.75) is 12.6 Å². The Bertz CT molecular complexity index is 517. The number of amides is 2. The lowest BCUT2D eigenvalue weighted by atomic mass is 10.2. The van der Waals surface area contributed by atoms with Gasteiger partial charge >= 0.3 is 12.1 Å². The van der Waals surface area contributed by atoms with E-state index >= 15 is 0 Å². The van der Waals surface area contributed by atoms with Gasteiger partial charge in [-0.15, -0.1) is 0 Å². The molecule has 2 rings (SSSR count). The van der Waals surface area contributed by atoms with Crippen molar-refractivity contribution >= 4 is 18.0 Å². The average Bonchev–Trinajstić information content (AvgIpc) is 2.79. The molecule has 0 spiro atoms. The molecule has 1 aromatic carbocycles. The van der Waals surface area contributed by atoms with Gasteiger partial charge in [-0.05, 0) is 5.56 Å². The van der Waals surface area contributed by atoms with E-state index in [2.05, 4.69) is 5.32 Å². The Morgan fingerprint density at radius 3 is 2.70 bits per heavy atom. The topological polar surface area (TPSA) is 95.9 Å². The molecule has 1 heterocycles. The number of nitrogens with zero attached hydrogens (tertiary/aromatic N) is 1. The molecular formula is C13H14N2O5. The lowest BCUT2D eigenvalue weighted by molar-refractivity contribution is -0.138. The second-order valence-corrected chi connectivity index (χ2v) is 4.32. The van der Waals surface area contributed by atoms with E-state index in [1.807, 2.05) is 30.3 Å². The molecule has 1 aromatic rings. The van der Waals surface area contributed by atoms with Crippen LogP contribution in [0.2, 0.25) is 0 Å². The number of carboxylic acids is 1. The first-order chi connectivity index (χ1) is 9.58. The number of carboxylic acid groups (broad SMARTS) is 1. The molecule has 1 aliphatic heterocycles. The fraction of sp³-hybridized carbons (Fsp3) is 0.308. The van der Waals surface area contributed by atoms with Crippen LogP contribution in [-0.2, 0) is 20.9 Å². The minimum Gasteiger partial charge on any atom is -0.480 e. The third-order valence-corrected chi connectivity index (χ3v) is 2.89. The zero-order chi connectivity index (χ0) is 14.5. The van der Waals surface area contributed by atoms with Crippen LogP contribution in [0.3, 0.4) is 0 Å². The first-order valence-corrected chi connectivity index (χ1v) is 6.05. The van der Waals surface area contributed by atoms with Gasteiger partial charge in [-0.25, -0.2) is 4.79 Å². The number of rotatable bonds is 5. The van der Waals surface area contributed by atoms with E-state index in [-0.39, 0.29) is 13.2 Å². The van der Waals surface area contributed by atoms with E-state index in [0.29, 0.717) is 0 Å². The second kappa shape index (κ2) is 6.05. The van der Waals surface area contributed by atoms with Gasteiger partial charge in [-0.2, -0.15) is 0 Å². The van der Waals surface area contributed by atoms with Crippen LogP contribution in [0.25, 0.3) is 0 Å². The lowest BCUT2D eigenvalue weighted by Gasteiger charge is -2.20. The van der Waals surface area contributed by atoms with Crippen LogP contribution in [0, 0.1) is 0 Å². The van der Waals surface area contributed by atoms with Gasteiger partial charge in [0.05, 0.1) is 6.54 Å². The summed E-state index contributed by atoms with van der Waals surface area (Å²) in [6, 6.07) is 8.37. The maximum Gasteiger partial charge on any atom is 0.410 e. The number of hydrogen-bond donors (Lipinski definition) is 2. The monoisotopic (exact) mass is 278 g/mol. The molecule has 20 heavy (non-hydrogen) atoms. The summed E-state index contributed by atoms with van der Waals surface area (Å²) < 4.78 is 4.86. The number of cyclic esters (lactones) is 1. The molecule has 7 nitrogen and oxygen atoms in total. The van der Waals surface area contributed by atoms with Crippen molar-refractivity contribution in [3.63, 3.8) is 0 Å². The van der Waals surface area contributed by atoms with Gasteiger partial charge in [-0.1, -0.05) is 30.3 Å². The molecule has 0 bridgehead atoms. The van der Waals surface area contributed by atoms with Crippen molar-refractivity contribution in [2.75, 3.05) is 13.2 Å². The highest BCUT2D eigenvalue weighted by Gasteiger charge is 2.37.